The van der Waals surface area contributed by atoms with E-state index in [0.717, 1.165) is 0 Å². The Kier molecular flexibility index (Phi) is 17.0. The number of rotatable bonds is 19. The van der Waals surface area contributed by atoms with E-state index in [1.165, 1.54) is 78.9 Å². The normalized spacial score (nSPS) is 20.0. The van der Waals surface area contributed by atoms with Gasteiger partial charge in [0.25, 0.3) is 5.91 Å². The average Bonchev–Trinajstić information content (AvgIpc) is 3.48. The molecule has 0 saturated carbocycles. The number of anilines is 1. The maximum absolute atomic E-state index is 13.9. The molecule has 412 valence electrons. The van der Waals surface area contributed by atoms with Gasteiger partial charge in [0.2, 0.25) is 18.1 Å². The zero-order valence-electron chi connectivity index (χ0n) is 42.5. The topological polar surface area (TPSA) is 303 Å². The number of benzene rings is 6. The van der Waals surface area contributed by atoms with Crippen molar-refractivity contribution < 1.29 is 78.0 Å². The zero-order chi connectivity index (χ0) is 56.8. The second kappa shape index (κ2) is 24.4. The van der Waals surface area contributed by atoms with Gasteiger partial charge in [-0.3, -0.25) is 19.2 Å². The van der Waals surface area contributed by atoms with E-state index in [1.54, 1.807) is 53.4 Å². The summed E-state index contributed by atoms with van der Waals surface area (Å²) in [7, 11) is 0. The van der Waals surface area contributed by atoms with Crippen molar-refractivity contribution in [3.8, 4) is 45.8 Å². The molecule has 2 fully saturated rings. The zero-order valence-corrected chi connectivity index (χ0v) is 42.5. The number of aromatic carboxylic acids is 1. The molecule has 3 amide bonds. The first-order chi connectivity index (χ1) is 38.4. The Bertz CT molecular complexity index is 3540. The lowest BCUT2D eigenvalue weighted by Crippen LogP contribution is -2.61. The summed E-state index contributed by atoms with van der Waals surface area (Å²) in [5.74, 6) is 1.38. The predicted molar refractivity (Wildman–Crippen MR) is 286 cm³/mol. The van der Waals surface area contributed by atoms with Crippen LogP contribution >= 0.6 is 0 Å². The van der Waals surface area contributed by atoms with E-state index >= 15 is 0 Å². The highest BCUT2D eigenvalue weighted by Crippen LogP contribution is 2.47. The molecule has 8 atom stereocenters. The largest absolute Gasteiger partial charge is 0.508 e. The van der Waals surface area contributed by atoms with Crippen LogP contribution in [0.1, 0.15) is 88.1 Å². The average molecular weight is 1090 g/mol. The smallest absolute Gasteiger partial charge is 0.336 e. The number of carbonyl (C=O) groups excluding carboxylic acids is 3. The van der Waals surface area contributed by atoms with Crippen LogP contribution in [0.2, 0.25) is 0 Å². The van der Waals surface area contributed by atoms with Crippen molar-refractivity contribution in [1.82, 2.24) is 10.6 Å². The Hall–Kier alpha value is -8.97. The molecule has 3 heterocycles. The summed E-state index contributed by atoms with van der Waals surface area (Å²) >= 11 is 0. The number of carboxylic acid groups (broad SMARTS) is 2. The first-order valence-electron chi connectivity index (χ1n) is 25.6. The van der Waals surface area contributed by atoms with Crippen LogP contribution in [0.15, 0.2) is 137 Å². The third-order valence-electron chi connectivity index (χ3n) is 14.1. The number of aliphatic hydroxyl groups is 4. The van der Waals surface area contributed by atoms with Gasteiger partial charge < -0.3 is 65.2 Å². The van der Waals surface area contributed by atoms with Crippen LogP contribution in [0, 0.1) is 23.6 Å². The van der Waals surface area contributed by atoms with E-state index in [4.69, 9.17) is 13.9 Å². The molecular weight excluding hydrogens is 1040 g/mol. The molecule has 0 bridgehead atoms. The number of aliphatic carboxylic acids is 1. The number of aromatic hydroxyl groups is 1. The monoisotopic (exact) mass is 1090 g/mol. The minimum absolute atomic E-state index is 0.0663. The third kappa shape index (κ3) is 12.3. The number of fused-ring (bicyclic) bond motifs is 2. The Labute approximate surface area is 455 Å². The Morgan fingerprint density at radius 2 is 1.51 bits per heavy atom. The van der Waals surface area contributed by atoms with Crippen LogP contribution in [0.5, 0.6) is 11.5 Å². The number of carbonyl (C=O) groups is 5. The van der Waals surface area contributed by atoms with Crippen LogP contribution in [0.3, 0.4) is 0 Å². The minimum atomic E-state index is -1.89. The number of ether oxygens (including phenoxy) is 2. The molecule has 4 aliphatic rings. The second-order valence-electron chi connectivity index (χ2n) is 19.4. The van der Waals surface area contributed by atoms with Crippen LogP contribution in [-0.2, 0) is 19.1 Å². The predicted octanol–water partition coefficient (Wildman–Crippen LogP) is 6.05. The van der Waals surface area contributed by atoms with Crippen molar-refractivity contribution in [2.75, 3.05) is 18.0 Å². The van der Waals surface area contributed by atoms with E-state index in [2.05, 4.69) is 22.5 Å². The minimum Gasteiger partial charge on any atom is -0.508 e. The van der Waals surface area contributed by atoms with Gasteiger partial charge in [-0.15, -0.1) is 0 Å². The number of β-lactam (4-membered cyclic amide) rings is 1. The standard InChI is InChI=1S/C60H54FN3O16/c61-36-14-9-33(10-15-36)46(67)26-25-44-51(34-11-20-40(21-12-34)78-60-54(71)52(69)53(70)55(80-60)59(76)77)64(57(44)73)37-16-7-32(8-17-37)5-4-28-62-49(68)6-2-1-3-27-63-56(72)35-13-22-41(45(29-35)58(74)75)50-42-23-18-38(65)30-47(42)79-48-31-39(66)19-24-43(48)50/h7-24,29-31,44,46,51-55,60,65,67,69-71H,1-3,6,25-28H2,(H,62,68)(H,63,72)(H,74,75)(H,76,77)/t44-,46?,51-,52?,53?,54?,55?,60?/m1/s1. The quantitative estimate of drug-likeness (QED) is 0.0193. The van der Waals surface area contributed by atoms with Crippen molar-refractivity contribution in [3.05, 3.63) is 171 Å². The van der Waals surface area contributed by atoms with E-state index in [0.29, 0.717) is 58.2 Å². The molecule has 5 aromatic carbocycles. The summed E-state index contributed by atoms with van der Waals surface area (Å²) in [5, 5.41) is 77.5. The lowest BCUT2D eigenvalue weighted by molar-refractivity contribution is -0.271. The number of phenols is 1. The van der Waals surface area contributed by atoms with Crippen molar-refractivity contribution >= 4 is 46.3 Å². The molecule has 0 aromatic heterocycles. The molecule has 80 heavy (non-hydrogen) atoms. The summed E-state index contributed by atoms with van der Waals surface area (Å²) in [6.07, 6.45) is -7.62. The molecule has 5 aromatic rings. The van der Waals surface area contributed by atoms with Gasteiger partial charge in [-0.1, -0.05) is 48.6 Å². The number of hydrogen-bond acceptors (Lipinski definition) is 14. The van der Waals surface area contributed by atoms with Gasteiger partial charge >= 0.3 is 11.9 Å². The molecule has 9 rings (SSSR count). The summed E-state index contributed by atoms with van der Waals surface area (Å²) in [6.45, 7) is 0.337. The number of carboxylic acids is 2. The van der Waals surface area contributed by atoms with Gasteiger partial charge in [-0.2, -0.15) is 0 Å². The van der Waals surface area contributed by atoms with Gasteiger partial charge in [-0.25, -0.2) is 14.0 Å². The fraction of sp³-hybridized carbons (Fsp3) is 0.267. The molecule has 3 aliphatic heterocycles. The number of nitrogens with zero attached hydrogens (tertiary/aromatic N) is 1. The number of halogens is 1. The number of unbranched alkanes of at least 4 members (excludes halogenated alkanes) is 2. The number of aliphatic hydroxyl groups excluding tert-OH is 4. The fourth-order valence-electron chi connectivity index (χ4n) is 9.92. The van der Waals surface area contributed by atoms with Crippen LogP contribution < -0.4 is 25.7 Å². The van der Waals surface area contributed by atoms with Gasteiger partial charge in [0.05, 0.1) is 30.2 Å². The van der Waals surface area contributed by atoms with Crippen LogP contribution in [-0.4, -0.2) is 109 Å². The number of amides is 3. The first-order valence-corrected chi connectivity index (χ1v) is 25.6. The van der Waals surface area contributed by atoms with Gasteiger partial charge in [0.1, 0.15) is 47.0 Å². The van der Waals surface area contributed by atoms with Crippen molar-refractivity contribution in [2.45, 2.75) is 81.4 Å². The van der Waals surface area contributed by atoms with Gasteiger partial charge in [0.15, 0.2) is 11.5 Å². The number of nitrogens with one attached hydrogen (secondary N) is 2. The maximum atomic E-state index is 13.9. The highest BCUT2D eigenvalue weighted by molar-refractivity contribution is 6.09. The maximum Gasteiger partial charge on any atom is 0.336 e. The van der Waals surface area contributed by atoms with Crippen molar-refractivity contribution in [1.29, 1.82) is 0 Å². The van der Waals surface area contributed by atoms with E-state index < -0.39 is 72.4 Å². The van der Waals surface area contributed by atoms with Crippen molar-refractivity contribution in [3.63, 3.8) is 0 Å². The van der Waals surface area contributed by atoms with Gasteiger partial charge in [0, 0.05) is 58.4 Å². The molecule has 1 aliphatic carbocycles. The lowest BCUT2D eigenvalue weighted by atomic mass is 9.78. The van der Waals surface area contributed by atoms with E-state index in [-0.39, 0.29) is 89.1 Å². The Balaban J connectivity index is 0.758. The molecule has 19 nitrogen and oxygen atoms in total. The summed E-state index contributed by atoms with van der Waals surface area (Å²) in [5.41, 5.74) is 3.41. The summed E-state index contributed by atoms with van der Waals surface area (Å²) in [4.78, 5) is 77.6. The van der Waals surface area contributed by atoms with Crippen LogP contribution in [0.4, 0.5) is 10.1 Å². The van der Waals surface area contributed by atoms with Gasteiger partial charge in [-0.05, 0) is 127 Å². The number of hydrogen-bond donors (Lipinski definition) is 9. The number of phenolic OH excluding ortho intramolecular Hbond substituents is 1. The summed E-state index contributed by atoms with van der Waals surface area (Å²) < 4.78 is 30.4. The molecular formula is C60H54FN3O16. The summed E-state index contributed by atoms with van der Waals surface area (Å²) in [6, 6.07) is 31.1. The van der Waals surface area contributed by atoms with E-state index in [9.17, 15) is 68.9 Å². The second-order valence-corrected chi connectivity index (χ2v) is 19.4. The molecule has 6 unspecified atom stereocenters. The highest BCUT2D eigenvalue weighted by Gasteiger charge is 2.50. The Morgan fingerprint density at radius 1 is 0.775 bits per heavy atom. The van der Waals surface area contributed by atoms with E-state index in [1.807, 2.05) is 0 Å². The van der Waals surface area contributed by atoms with Crippen molar-refractivity contribution in [2.24, 2.45) is 5.92 Å². The molecule has 2 saturated heterocycles. The fourth-order valence-corrected chi connectivity index (χ4v) is 9.92. The highest BCUT2D eigenvalue weighted by atomic mass is 19.1. The molecule has 0 spiro atoms. The Morgan fingerprint density at radius 3 is 2.24 bits per heavy atom. The lowest BCUT2D eigenvalue weighted by Gasteiger charge is -2.48. The molecule has 0 radical (unpaired) electrons. The SMILES string of the molecule is O=C(CCCCCNC(=O)c1ccc(-c2c3ccc(=O)cc-3oc3cc(O)ccc23)c(C(=O)O)c1)NCC#Cc1ccc(N2C(=O)[C@H](CCC(O)c3ccc(F)cc3)[C@H]2c2ccc(OC3OC(C(=O)O)C(O)C(O)C3O)cc2)cc1. The first kappa shape index (κ1) is 55.8. The third-order valence-corrected chi connectivity index (χ3v) is 14.1. The molecule has 20 heteroatoms. The van der Waals surface area contributed by atoms with Crippen LogP contribution in [0.25, 0.3) is 33.4 Å². The molecule has 9 N–H and O–H groups in total.